The summed E-state index contributed by atoms with van der Waals surface area (Å²) >= 11 is 1.68. The van der Waals surface area contributed by atoms with E-state index in [-0.39, 0.29) is 6.10 Å². The molecule has 2 aromatic heterocycles. The number of nitrogen functional groups attached to an aromatic ring is 1. The zero-order valence-electron chi connectivity index (χ0n) is 12.4. The van der Waals surface area contributed by atoms with Crippen LogP contribution in [0.25, 0.3) is 10.2 Å². The zero-order valence-corrected chi connectivity index (χ0v) is 13.2. The molecule has 0 aliphatic carbocycles. The van der Waals surface area contributed by atoms with Crippen LogP contribution in [0.4, 0.5) is 5.82 Å². The Hall–Kier alpha value is -1.28. The second kappa shape index (κ2) is 5.84. The van der Waals surface area contributed by atoms with Crippen LogP contribution in [-0.4, -0.2) is 47.2 Å². The molecule has 3 heterocycles. The van der Waals surface area contributed by atoms with Crippen molar-refractivity contribution in [2.75, 3.05) is 32.0 Å². The number of fused-ring (bicyclic) bond motifs is 1. The minimum absolute atomic E-state index is 0.103. The number of ether oxygens (including phenoxy) is 1. The molecule has 1 unspecified atom stereocenters. The fourth-order valence-electron chi connectivity index (χ4n) is 2.66. The van der Waals surface area contributed by atoms with Crippen LogP contribution in [-0.2, 0) is 11.3 Å². The van der Waals surface area contributed by atoms with Gasteiger partial charge in [-0.3, -0.25) is 4.90 Å². The Kier molecular flexibility index (Phi) is 4.08. The SMILES string of the molecule is Cc1sc2nc(CN3CCOC(CN)C3)nc(N)c2c1C. The van der Waals surface area contributed by atoms with Gasteiger partial charge in [0.15, 0.2) is 0 Å². The molecule has 1 aliphatic heterocycles. The molecule has 1 atom stereocenters. The largest absolute Gasteiger partial charge is 0.383 e. The number of morpholine rings is 1. The molecule has 1 saturated heterocycles. The Morgan fingerprint density at radius 3 is 2.95 bits per heavy atom. The van der Waals surface area contributed by atoms with Crippen LogP contribution in [0.3, 0.4) is 0 Å². The fourth-order valence-corrected chi connectivity index (χ4v) is 3.72. The summed E-state index contributed by atoms with van der Waals surface area (Å²) in [4.78, 5) is 13.7. The molecule has 114 valence electrons. The van der Waals surface area contributed by atoms with E-state index in [0.717, 1.165) is 29.1 Å². The van der Waals surface area contributed by atoms with E-state index in [1.54, 1.807) is 11.3 Å². The standard InChI is InChI=1S/C14H21N5OS/c1-8-9(2)21-14-12(8)13(16)17-11(18-14)7-19-3-4-20-10(5-15)6-19/h10H,3-7,15H2,1-2H3,(H2,16,17,18). The summed E-state index contributed by atoms with van der Waals surface area (Å²) in [5, 5.41) is 1.00. The third-order valence-corrected chi connectivity index (χ3v) is 5.05. The van der Waals surface area contributed by atoms with Crippen molar-refractivity contribution in [1.29, 1.82) is 0 Å². The molecule has 0 spiro atoms. The Labute approximate surface area is 128 Å². The lowest BCUT2D eigenvalue weighted by molar-refractivity contribution is -0.0267. The summed E-state index contributed by atoms with van der Waals surface area (Å²) in [6.07, 6.45) is 0.103. The number of aryl methyl sites for hydroxylation is 2. The van der Waals surface area contributed by atoms with Crippen LogP contribution in [0, 0.1) is 13.8 Å². The number of aromatic nitrogens is 2. The van der Waals surface area contributed by atoms with Gasteiger partial charge in [-0.2, -0.15) is 0 Å². The second-order valence-corrected chi connectivity index (χ2v) is 6.66. The molecule has 0 bridgehead atoms. The minimum atomic E-state index is 0.103. The zero-order chi connectivity index (χ0) is 15.0. The van der Waals surface area contributed by atoms with Gasteiger partial charge in [-0.15, -0.1) is 11.3 Å². The Balaban J connectivity index is 1.84. The molecule has 3 rings (SSSR count). The first-order chi connectivity index (χ1) is 10.1. The molecule has 0 amide bonds. The molecule has 6 nitrogen and oxygen atoms in total. The van der Waals surface area contributed by atoms with Gasteiger partial charge < -0.3 is 16.2 Å². The smallest absolute Gasteiger partial charge is 0.146 e. The Morgan fingerprint density at radius 2 is 2.19 bits per heavy atom. The third-order valence-electron chi connectivity index (χ3n) is 3.95. The molecule has 21 heavy (non-hydrogen) atoms. The Morgan fingerprint density at radius 1 is 1.38 bits per heavy atom. The van der Waals surface area contributed by atoms with Crippen molar-refractivity contribution in [3.63, 3.8) is 0 Å². The van der Waals surface area contributed by atoms with Gasteiger partial charge in [-0.05, 0) is 19.4 Å². The number of hydrogen-bond acceptors (Lipinski definition) is 7. The quantitative estimate of drug-likeness (QED) is 0.881. The van der Waals surface area contributed by atoms with Gasteiger partial charge in [0.1, 0.15) is 16.5 Å². The van der Waals surface area contributed by atoms with Crippen molar-refractivity contribution in [3.05, 3.63) is 16.3 Å². The highest BCUT2D eigenvalue weighted by atomic mass is 32.1. The maximum atomic E-state index is 6.12. The second-order valence-electron chi connectivity index (χ2n) is 5.45. The molecule has 1 fully saturated rings. The minimum Gasteiger partial charge on any atom is -0.383 e. The third kappa shape index (κ3) is 2.87. The normalized spacial score (nSPS) is 20.2. The van der Waals surface area contributed by atoms with Gasteiger partial charge in [-0.1, -0.05) is 0 Å². The van der Waals surface area contributed by atoms with Gasteiger partial charge in [-0.25, -0.2) is 9.97 Å². The summed E-state index contributed by atoms with van der Waals surface area (Å²) in [6.45, 7) is 7.80. The van der Waals surface area contributed by atoms with E-state index in [4.69, 9.17) is 16.2 Å². The molecule has 0 radical (unpaired) electrons. The van der Waals surface area contributed by atoms with E-state index in [1.807, 2.05) is 0 Å². The van der Waals surface area contributed by atoms with Crippen molar-refractivity contribution in [1.82, 2.24) is 14.9 Å². The highest BCUT2D eigenvalue weighted by molar-refractivity contribution is 7.18. The molecule has 0 aromatic carbocycles. The van der Waals surface area contributed by atoms with Crippen molar-refractivity contribution in [2.24, 2.45) is 5.73 Å². The van der Waals surface area contributed by atoms with Crippen molar-refractivity contribution >= 4 is 27.4 Å². The van der Waals surface area contributed by atoms with Gasteiger partial charge in [0, 0.05) is 24.5 Å². The predicted octanol–water partition coefficient (Wildman–Crippen LogP) is 1.05. The highest BCUT2D eigenvalue weighted by Gasteiger charge is 2.21. The summed E-state index contributed by atoms with van der Waals surface area (Å²) in [6, 6.07) is 0. The monoisotopic (exact) mass is 307 g/mol. The highest BCUT2D eigenvalue weighted by Crippen LogP contribution is 2.31. The van der Waals surface area contributed by atoms with Gasteiger partial charge in [0.2, 0.25) is 0 Å². The molecule has 2 aromatic rings. The summed E-state index contributed by atoms with van der Waals surface area (Å²) in [5.74, 6) is 1.36. The maximum absolute atomic E-state index is 6.12. The van der Waals surface area contributed by atoms with Gasteiger partial charge in [0.25, 0.3) is 0 Å². The van der Waals surface area contributed by atoms with Crippen molar-refractivity contribution < 1.29 is 4.74 Å². The van der Waals surface area contributed by atoms with E-state index in [0.29, 0.717) is 25.5 Å². The van der Waals surface area contributed by atoms with E-state index >= 15 is 0 Å². The van der Waals surface area contributed by atoms with E-state index in [1.165, 1.54) is 10.4 Å². The van der Waals surface area contributed by atoms with Crippen LogP contribution in [0.2, 0.25) is 0 Å². The molecule has 0 saturated carbocycles. The molecular formula is C14H21N5OS. The Bertz CT molecular complexity index is 656. The van der Waals surface area contributed by atoms with Gasteiger partial charge >= 0.3 is 0 Å². The lowest BCUT2D eigenvalue weighted by Gasteiger charge is -2.31. The summed E-state index contributed by atoms with van der Waals surface area (Å²) < 4.78 is 5.58. The van der Waals surface area contributed by atoms with Crippen LogP contribution >= 0.6 is 11.3 Å². The van der Waals surface area contributed by atoms with Crippen LogP contribution in [0.5, 0.6) is 0 Å². The number of anilines is 1. The molecular weight excluding hydrogens is 286 g/mol. The molecule has 4 N–H and O–H groups in total. The van der Waals surface area contributed by atoms with E-state index in [2.05, 4.69) is 28.7 Å². The fraction of sp³-hybridized carbons (Fsp3) is 0.571. The van der Waals surface area contributed by atoms with Crippen LogP contribution in [0.1, 0.15) is 16.3 Å². The number of thiophene rings is 1. The first-order valence-electron chi connectivity index (χ1n) is 7.14. The van der Waals surface area contributed by atoms with E-state index in [9.17, 15) is 0 Å². The number of hydrogen-bond donors (Lipinski definition) is 2. The average molecular weight is 307 g/mol. The number of nitrogens with zero attached hydrogens (tertiary/aromatic N) is 3. The average Bonchev–Trinajstić information content (AvgIpc) is 2.74. The first kappa shape index (κ1) is 14.6. The van der Waals surface area contributed by atoms with Crippen LogP contribution in [0.15, 0.2) is 0 Å². The summed E-state index contributed by atoms with van der Waals surface area (Å²) in [7, 11) is 0. The number of rotatable bonds is 3. The molecule has 7 heteroatoms. The lowest BCUT2D eigenvalue weighted by atomic mass is 10.2. The topological polar surface area (TPSA) is 90.3 Å². The predicted molar refractivity (Wildman–Crippen MR) is 85.4 cm³/mol. The maximum Gasteiger partial charge on any atom is 0.146 e. The molecule has 1 aliphatic rings. The van der Waals surface area contributed by atoms with E-state index < -0.39 is 0 Å². The van der Waals surface area contributed by atoms with Gasteiger partial charge in [0.05, 0.1) is 24.6 Å². The number of nitrogens with two attached hydrogens (primary N) is 2. The first-order valence-corrected chi connectivity index (χ1v) is 7.96. The van der Waals surface area contributed by atoms with Crippen LogP contribution < -0.4 is 11.5 Å². The summed E-state index contributed by atoms with van der Waals surface area (Å²) in [5.41, 5.74) is 13.0. The van der Waals surface area contributed by atoms with Crippen molar-refractivity contribution in [2.45, 2.75) is 26.5 Å². The van der Waals surface area contributed by atoms with Crippen molar-refractivity contribution in [3.8, 4) is 0 Å². The lowest BCUT2D eigenvalue weighted by Crippen LogP contribution is -2.45.